The topological polar surface area (TPSA) is 65.8 Å². The monoisotopic (exact) mass is 333 g/mol. The van der Waals surface area contributed by atoms with Crippen molar-refractivity contribution in [3.05, 3.63) is 59.7 Å². The van der Waals surface area contributed by atoms with E-state index >= 15 is 0 Å². The molecule has 0 amide bonds. The minimum atomic E-state index is 0.0262. The maximum absolute atomic E-state index is 11.4. The van der Waals surface area contributed by atoms with Gasteiger partial charge < -0.3 is 5.32 Å². The number of nitrogens with one attached hydrogen (secondary N) is 1. The summed E-state index contributed by atoms with van der Waals surface area (Å²) in [4.78, 5) is 16.0. The Balaban J connectivity index is 2.13. The first-order chi connectivity index (χ1) is 11.6. The van der Waals surface area contributed by atoms with Crippen LogP contribution in [0.25, 0.3) is 10.9 Å². The lowest BCUT2D eigenvalue weighted by atomic mass is 10.1. The number of nitrogens with zero attached hydrogens (tertiary/aromatic N) is 2. The van der Waals surface area contributed by atoms with E-state index < -0.39 is 0 Å². The van der Waals surface area contributed by atoms with Crippen molar-refractivity contribution in [2.75, 3.05) is 11.6 Å². The summed E-state index contributed by atoms with van der Waals surface area (Å²) in [6.07, 6.45) is 1.91. The summed E-state index contributed by atoms with van der Waals surface area (Å²) in [6, 6.07) is 17.2. The highest BCUT2D eigenvalue weighted by molar-refractivity contribution is 7.98. The zero-order chi connectivity index (χ0) is 17.1. The lowest BCUT2D eigenvalue weighted by Crippen LogP contribution is -2.00. The van der Waals surface area contributed by atoms with E-state index in [0.717, 1.165) is 22.3 Å². The van der Waals surface area contributed by atoms with Crippen molar-refractivity contribution in [3.8, 4) is 6.07 Å². The number of carbonyl (C=O) groups is 1. The number of rotatable bonds is 4. The zero-order valence-electron chi connectivity index (χ0n) is 13.3. The van der Waals surface area contributed by atoms with Gasteiger partial charge >= 0.3 is 0 Å². The molecule has 4 nitrogen and oxygen atoms in total. The summed E-state index contributed by atoms with van der Waals surface area (Å²) in [5.41, 5.74) is 3.58. The van der Waals surface area contributed by atoms with Gasteiger partial charge in [-0.1, -0.05) is 18.2 Å². The Morgan fingerprint density at radius 3 is 2.50 bits per heavy atom. The number of benzene rings is 2. The van der Waals surface area contributed by atoms with Crippen LogP contribution in [0.3, 0.4) is 0 Å². The van der Waals surface area contributed by atoms with Crippen LogP contribution in [0.1, 0.15) is 22.8 Å². The average molecular weight is 333 g/mol. The van der Waals surface area contributed by atoms with E-state index in [-0.39, 0.29) is 5.78 Å². The average Bonchev–Trinajstić information content (AvgIpc) is 2.61. The van der Waals surface area contributed by atoms with Gasteiger partial charge in [-0.15, -0.1) is 11.8 Å². The number of Topliss-reactive ketones (excluding diaryl/α,β-unsaturated/α-hetero) is 1. The molecule has 3 aromatic rings. The molecule has 1 N–H and O–H groups in total. The van der Waals surface area contributed by atoms with E-state index in [2.05, 4.69) is 16.4 Å². The van der Waals surface area contributed by atoms with Crippen LogP contribution in [0.4, 0.5) is 11.4 Å². The molecule has 0 saturated heterocycles. The molecule has 1 aromatic heterocycles. The fourth-order valence-electron chi connectivity index (χ4n) is 2.50. The van der Waals surface area contributed by atoms with Gasteiger partial charge in [-0.3, -0.25) is 4.79 Å². The maximum Gasteiger partial charge on any atom is 0.159 e. The molecule has 0 spiro atoms. The largest absolute Gasteiger partial charge is 0.354 e. The number of pyridine rings is 1. The first-order valence-corrected chi connectivity index (χ1v) is 8.61. The Hall–Kier alpha value is -2.84. The van der Waals surface area contributed by atoms with Crippen LogP contribution in [0.15, 0.2) is 53.6 Å². The van der Waals surface area contributed by atoms with Gasteiger partial charge in [0.25, 0.3) is 0 Å². The molecule has 1 heterocycles. The Morgan fingerprint density at radius 2 is 1.88 bits per heavy atom. The van der Waals surface area contributed by atoms with Crippen molar-refractivity contribution < 1.29 is 4.79 Å². The van der Waals surface area contributed by atoms with E-state index in [1.807, 2.05) is 42.7 Å². The van der Waals surface area contributed by atoms with E-state index in [1.54, 1.807) is 12.1 Å². The number of aromatic nitrogens is 1. The molecule has 0 bridgehead atoms. The van der Waals surface area contributed by atoms with Gasteiger partial charge in [0.1, 0.15) is 16.7 Å². The molecule has 2 aromatic carbocycles. The molecule has 0 aliphatic heterocycles. The molecule has 0 aliphatic carbocycles. The number of hydrogen-bond acceptors (Lipinski definition) is 5. The molecule has 0 fully saturated rings. The van der Waals surface area contributed by atoms with Crippen molar-refractivity contribution in [2.45, 2.75) is 11.9 Å². The van der Waals surface area contributed by atoms with E-state index in [1.165, 1.54) is 18.7 Å². The molecule has 3 rings (SSSR count). The van der Waals surface area contributed by atoms with Crippen molar-refractivity contribution in [1.29, 1.82) is 5.26 Å². The first kappa shape index (κ1) is 16.0. The summed E-state index contributed by atoms with van der Waals surface area (Å²) < 4.78 is 0. The minimum Gasteiger partial charge on any atom is -0.354 e. The highest BCUT2D eigenvalue weighted by Gasteiger charge is 2.14. The Bertz CT molecular complexity index is 959. The van der Waals surface area contributed by atoms with Crippen LogP contribution < -0.4 is 5.32 Å². The number of ketones is 1. The second kappa shape index (κ2) is 6.73. The molecule has 0 radical (unpaired) electrons. The number of carbonyl (C=O) groups excluding carboxylic acids is 1. The number of thioether (sulfide) groups is 1. The molecule has 0 aliphatic rings. The maximum atomic E-state index is 11.4. The van der Waals surface area contributed by atoms with Crippen LogP contribution in [0.5, 0.6) is 0 Å². The standard InChI is InChI=1S/C19H15N3OS/c1-12(23)13-7-9-14(10-8-13)21-18-15-5-3-4-6-17(15)22-19(24-2)16(18)11-20/h3-10H,1-2H3,(H,21,22). The van der Waals surface area contributed by atoms with Crippen molar-refractivity contribution in [1.82, 2.24) is 4.98 Å². The molecule has 0 saturated carbocycles. The Kier molecular flexibility index (Phi) is 4.50. The molecule has 24 heavy (non-hydrogen) atoms. The van der Waals surface area contributed by atoms with Crippen LogP contribution >= 0.6 is 11.8 Å². The third-order valence-corrected chi connectivity index (χ3v) is 4.41. The third kappa shape index (κ3) is 2.97. The Morgan fingerprint density at radius 1 is 1.17 bits per heavy atom. The summed E-state index contributed by atoms with van der Waals surface area (Å²) in [5.74, 6) is 0.0262. The van der Waals surface area contributed by atoms with E-state index in [9.17, 15) is 10.1 Å². The van der Waals surface area contributed by atoms with Crippen LogP contribution in [0, 0.1) is 11.3 Å². The number of fused-ring (bicyclic) bond motifs is 1. The Labute approximate surface area is 144 Å². The third-order valence-electron chi connectivity index (χ3n) is 3.73. The van der Waals surface area contributed by atoms with Crippen molar-refractivity contribution >= 4 is 39.8 Å². The van der Waals surface area contributed by atoms with Crippen LogP contribution in [-0.4, -0.2) is 17.0 Å². The summed E-state index contributed by atoms with van der Waals surface area (Å²) in [5, 5.41) is 14.5. The summed E-state index contributed by atoms with van der Waals surface area (Å²) in [6.45, 7) is 1.54. The minimum absolute atomic E-state index is 0.0262. The van der Waals surface area contributed by atoms with E-state index in [4.69, 9.17) is 0 Å². The number of hydrogen-bond donors (Lipinski definition) is 1. The smallest absolute Gasteiger partial charge is 0.159 e. The molecule has 0 unspecified atom stereocenters. The molecule has 0 atom stereocenters. The van der Waals surface area contributed by atoms with Gasteiger partial charge in [-0.25, -0.2) is 4.98 Å². The molecular formula is C19H15N3OS. The number of para-hydroxylation sites is 1. The zero-order valence-corrected chi connectivity index (χ0v) is 14.1. The number of nitriles is 1. The highest BCUT2D eigenvalue weighted by atomic mass is 32.2. The quantitative estimate of drug-likeness (QED) is 0.550. The molecule has 5 heteroatoms. The second-order valence-electron chi connectivity index (χ2n) is 5.26. The van der Waals surface area contributed by atoms with Gasteiger partial charge in [-0.05, 0) is 43.5 Å². The van der Waals surface area contributed by atoms with Crippen LogP contribution in [-0.2, 0) is 0 Å². The molecule has 118 valence electrons. The van der Waals surface area contributed by atoms with Crippen LogP contribution in [0.2, 0.25) is 0 Å². The normalized spacial score (nSPS) is 10.4. The van der Waals surface area contributed by atoms with E-state index in [0.29, 0.717) is 16.2 Å². The fourth-order valence-corrected chi connectivity index (χ4v) is 3.04. The van der Waals surface area contributed by atoms with Gasteiger partial charge in [0.15, 0.2) is 5.78 Å². The van der Waals surface area contributed by atoms with Gasteiger partial charge in [0.05, 0.1) is 11.2 Å². The predicted octanol–water partition coefficient (Wildman–Crippen LogP) is 4.77. The lowest BCUT2D eigenvalue weighted by molar-refractivity contribution is 0.101. The first-order valence-electron chi connectivity index (χ1n) is 7.39. The van der Waals surface area contributed by atoms with Gasteiger partial charge in [0.2, 0.25) is 0 Å². The molecular weight excluding hydrogens is 318 g/mol. The highest BCUT2D eigenvalue weighted by Crippen LogP contribution is 2.34. The second-order valence-corrected chi connectivity index (χ2v) is 6.05. The predicted molar refractivity (Wildman–Crippen MR) is 98.0 cm³/mol. The van der Waals surface area contributed by atoms with Gasteiger partial charge in [-0.2, -0.15) is 5.26 Å². The fraction of sp³-hybridized carbons (Fsp3) is 0.105. The van der Waals surface area contributed by atoms with Crippen molar-refractivity contribution in [2.24, 2.45) is 0 Å². The van der Waals surface area contributed by atoms with Crippen molar-refractivity contribution in [3.63, 3.8) is 0 Å². The summed E-state index contributed by atoms with van der Waals surface area (Å²) in [7, 11) is 0. The number of anilines is 2. The SMILES string of the molecule is CSc1nc2ccccc2c(Nc2ccc(C(C)=O)cc2)c1C#N. The van der Waals surface area contributed by atoms with Gasteiger partial charge in [0, 0.05) is 16.6 Å². The lowest BCUT2D eigenvalue weighted by Gasteiger charge is -2.14. The summed E-state index contributed by atoms with van der Waals surface area (Å²) >= 11 is 1.45.